The lowest BCUT2D eigenvalue weighted by molar-refractivity contribution is 0.261. The molecule has 0 radical (unpaired) electrons. The Morgan fingerprint density at radius 1 is 1.26 bits per heavy atom. The lowest BCUT2D eigenvalue weighted by atomic mass is 10.3. The second-order valence-corrected chi connectivity index (χ2v) is 5.23. The molecule has 0 bridgehead atoms. The van der Waals surface area contributed by atoms with Crippen LogP contribution in [-0.4, -0.2) is 37.1 Å². The molecule has 1 N–H and O–H groups in total. The maximum Gasteiger partial charge on any atom is 0.119 e. The number of ether oxygens (including phenoxy) is 1. The van der Waals surface area contributed by atoms with Crippen LogP contribution in [0.15, 0.2) is 35.2 Å². The summed E-state index contributed by atoms with van der Waals surface area (Å²) >= 11 is 1.61. The molecule has 0 aliphatic heterocycles. The van der Waals surface area contributed by atoms with Gasteiger partial charge in [-0.2, -0.15) is 0 Å². The molecule has 1 aromatic heterocycles. The number of thiazole rings is 1. The number of hydrogen-bond donors (Lipinski definition) is 1. The maximum atomic E-state index is 5.64. The van der Waals surface area contributed by atoms with Crippen molar-refractivity contribution in [2.45, 2.75) is 6.54 Å². The van der Waals surface area contributed by atoms with Crippen molar-refractivity contribution in [2.24, 2.45) is 0 Å². The van der Waals surface area contributed by atoms with Gasteiger partial charge in [0.2, 0.25) is 0 Å². The smallest absolute Gasteiger partial charge is 0.119 e. The lowest BCUT2D eigenvalue weighted by Gasteiger charge is -2.11. The normalized spacial score (nSPS) is 10.7. The summed E-state index contributed by atoms with van der Waals surface area (Å²) in [4.78, 5) is 6.33. The quantitative estimate of drug-likeness (QED) is 0.844. The molecule has 0 spiro atoms. The SMILES string of the molecule is CN(C)CCOc1ccc(NCc2cscn2)cc1. The lowest BCUT2D eigenvalue weighted by Crippen LogP contribution is -2.19. The molecule has 0 amide bonds. The molecule has 4 nitrogen and oxygen atoms in total. The molecule has 19 heavy (non-hydrogen) atoms. The fraction of sp³-hybridized carbons (Fsp3) is 0.357. The predicted molar refractivity (Wildman–Crippen MR) is 79.9 cm³/mol. The largest absolute Gasteiger partial charge is 0.492 e. The molecule has 2 aromatic rings. The van der Waals surface area contributed by atoms with Crippen LogP contribution in [0, 0.1) is 0 Å². The van der Waals surface area contributed by atoms with Gasteiger partial charge in [-0.3, -0.25) is 0 Å². The van der Waals surface area contributed by atoms with Gasteiger partial charge >= 0.3 is 0 Å². The maximum absolute atomic E-state index is 5.64. The van der Waals surface area contributed by atoms with Crippen LogP contribution < -0.4 is 10.1 Å². The minimum atomic E-state index is 0.707. The van der Waals surface area contributed by atoms with Gasteiger partial charge in [-0.1, -0.05) is 0 Å². The van der Waals surface area contributed by atoms with Crippen molar-refractivity contribution >= 4 is 17.0 Å². The molecule has 0 atom stereocenters. The highest BCUT2D eigenvalue weighted by Crippen LogP contribution is 2.16. The topological polar surface area (TPSA) is 37.4 Å². The summed E-state index contributed by atoms with van der Waals surface area (Å²) < 4.78 is 5.64. The fourth-order valence-corrected chi connectivity index (χ4v) is 2.09. The molecule has 1 aromatic carbocycles. The zero-order chi connectivity index (χ0) is 13.5. The molecule has 0 fully saturated rings. The van der Waals surface area contributed by atoms with Crippen LogP contribution in [0.3, 0.4) is 0 Å². The molecule has 2 rings (SSSR count). The van der Waals surface area contributed by atoms with Gasteiger partial charge < -0.3 is 15.0 Å². The molecular formula is C14H19N3OS. The zero-order valence-corrected chi connectivity index (χ0v) is 12.1. The molecule has 0 saturated heterocycles. The Morgan fingerprint density at radius 3 is 2.68 bits per heavy atom. The van der Waals surface area contributed by atoms with E-state index >= 15 is 0 Å². The summed E-state index contributed by atoms with van der Waals surface area (Å²) in [6, 6.07) is 8.02. The van der Waals surface area contributed by atoms with Crippen molar-refractivity contribution in [1.82, 2.24) is 9.88 Å². The Labute approximate surface area is 118 Å². The number of anilines is 1. The van der Waals surface area contributed by atoms with Crippen LogP contribution >= 0.6 is 11.3 Å². The van der Waals surface area contributed by atoms with E-state index in [-0.39, 0.29) is 0 Å². The Morgan fingerprint density at radius 2 is 2.05 bits per heavy atom. The van der Waals surface area contributed by atoms with Crippen LogP contribution in [0.2, 0.25) is 0 Å². The average Bonchev–Trinajstić information content (AvgIpc) is 2.90. The number of likely N-dealkylation sites (N-methyl/N-ethyl adjacent to an activating group) is 1. The van der Waals surface area contributed by atoms with Crippen molar-refractivity contribution in [3.05, 3.63) is 40.8 Å². The Bertz CT molecular complexity index is 468. The number of nitrogens with zero attached hydrogens (tertiary/aromatic N) is 2. The first-order chi connectivity index (χ1) is 9.24. The van der Waals surface area contributed by atoms with Gasteiger partial charge in [0.25, 0.3) is 0 Å². The van der Waals surface area contributed by atoms with Gasteiger partial charge in [0.15, 0.2) is 0 Å². The summed E-state index contributed by atoms with van der Waals surface area (Å²) in [5.41, 5.74) is 3.99. The van der Waals surface area contributed by atoms with Crippen molar-refractivity contribution in [2.75, 3.05) is 32.6 Å². The standard InChI is InChI=1S/C14H19N3OS/c1-17(2)7-8-18-14-5-3-12(4-6-14)15-9-13-10-19-11-16-13/h3-6,10-11,15H,7-9H2,1-2H3. The second-order valence-electron chi connectivity index (χ2n) is 4.51. The van der Waals surface area contributed by atoms with Crippen LogP contribution in [0.5, 0.6) is 5.75 Å². The van der Waals surface area contributed by atoms with Gasteiger partial charge in [-0.25, -0.2) is 4.98 Å². The number of hydrogen-bond acceptors (Lipinski definition) is 5. The van der Waals surface area contributed by atoms with Crippen molar-refractivity contribution in [1.29, 1.82) is 0 Å². The van der Waals surface area contributed by atoms with E-state index in [1.165, 1.54) is 0 Å². The van der Waals surface area contributed by atoms with Crippen molar-refractivity contribution < 1.29 is 4.74 Å². The zero-order valence-electron chi connectivity index (χ0n) is 11.3. The van der Waals surface area contributed by atoms with E-state index in [0.717, 1.165) is 30.2 Å². The predicted octanol–water partition coefficient (Wildman–Crippen LogP) is 2.70. The third-order valence-corrected chi connectivity index (χ3v) is 3.25. The van der Waals surface area contributed by atoms with Gasteiger partial charge in [-0.15, -0.1) is 11.3 Å². The first kappa shape index (κ1) is 13.8. The number of benzene rings is 1. The monoisotopic (exact) mass is 277 g/mol. The van der Waals surface area contributed by atoms with E-state index in [0.29, 0.717) is 6.61 Å². The highest BCUT2D eigenvalue weighted by atomic mass is 32.1. The van der Waals surface area contributed by atoms with Crippen LogP contribution in [0.1, 0.15) is 5.69 Å². The minimum Gasteiger partial charge on any atom is -0.492 e. The minimum absolute atomic E-state index is 0.707. The third kappa shape index (κ3) is 4.89. The summed E-state index contributed by atoms with van der Waals surface area (Å²) in [7, 11) is 4.07. The molecular weight excluding hydrogens is 258 g/mol. The third-order valence-electron chi connectivity index (χ3n) is 2.62. The van der Waals surface area contributed by atoms with Crippen molar-refractivity contribution in [3.63, 3.8) is 0 Å². The Hall–Kier alpha value is -1.59. The molecule has 102 valence electrons. The number of nitrogens with one attached hydrogen (secondary N) is 1. The van der Waals surface area contributed by atoms with E-state index < -0.39 is 0 Å². The second kappa shape index (κ2) is 7.11. The highest BCUT2D eigenvalue weighted by Gasteiger charge is 1.98. The van der Waals surface area contributed by atoms with E-state index in [1.807, 2.05) is 49.3 Å². The average molecular weight is 277 g/mol. The van der Waals surface area contributed by atoms with Crippen molar-refractivity contribution in [3.8, 4) is 5.75 Å². The van der Waals surface area contributed by atoms with Crippen LogP contribution in [0.4, 0.5) is 5.69 Å². The fourth-order valence-electron chi connectivity index (χ4n) is 1.53. The molecule has 0 unspecified atom stereocenters. The first-order valence-corrected chi connectivity index (χ1v) is 7.17. The van der Waals surface area contributed by atoms with E-state index in [2.05, 4.69) is 15.2 Å². The summed E-state index contributed by atoms with van der Waals surface area (Å²) in [5, 5.41) is 5.38. The van der Waals surface area contributed by atoms with Gasteiger partial charge in [0.1, 0.15) is 12.4 Å². The van der Waals surface area contributed by atoms with Gasteiger partial charge in [0.05, 0.1) is 17.7 Å². The van der Waals surface area contributed by atoms with Crippen LogP contribution in [-0.2, 0) is 6.54 Å². The molecule has 0 aliphatic carbocycles. The van der Waals surface area contributed by atoms with Gasteiger partial charge in [-0.05, 0) is 38.4 Å². The van der Waals surface area contributed by atoms with Gasteiger partial charge in [0, 0.05) is 17.6 Å². The highest BCUT2D eigenvalue weighted by molar-refractivity contribution is 7.07. The van der Waals surface area contributed by atoms with E-state index in [4.69, 9.17) is 4.74 Å². The Kier molecular flexibility index (Phi) is 5.18. The summed E-state index contributed by atoms with van der Waals surface area (Å²) in [6.07, 6.45) is 0. The van der Waals surface area contributed by atoms with Crippen LogP contribution in [0.25, 0.3) is 0 Å². The molecule has 0 aliphatic rings. The number of rotatable bonds is 7. The number of aromatic nitrogens is 1. The Balaban J connectivity index is 1.77. The molecule has 1 heterocycles. The van der Waals surface area contributed by atoms with E-state index in [1.54, 1.807) is 11.3 Å². The summed E-state index contributed by atoms with van der Waals surface area (Å²) in [6.45, 7) is 2.38. The van der Waals surface area contributed by atoms with E-state index in [9.17, 15) is 0 Å². The summed E-state index contributed by atoms with van der Waals surface area (Å²) in [5.74, 6) is 0.904. The molecule has 0 saturated carbocycles. The first-order valence-electron chi connectivity index (χ1n) is 6.22. The molecule has 5 heteroatoms.